The fraction of sp³-hybridized carbons (Fsp3) is 0.571. The van der Waals surface area contributed by atoms with Gasteiger partial charge in [0.25, 0.3) is 0 Å². The van der Waals surface area contributed by atoms with Crippen molar-refractivity contribution in [2.24, 2.45) is 11.3 Å². The zero-order valence-electron chi connectivity index (χ0n) is 12.5. The Bertz CT molecular complexity index is 629. The fourth-order valence-electron chi connectivity index (χ4n) is 1.71. The summed E-state index contributed by atoms with van der Waals surface area (Å²) in [5, 5.41) is 6.67. The maximum Gasteiger partial charge on any atom is 0.435 e. The Balaban J connectivity index is 2.31. The molecule has 0 aliphatic heterocycles. The average Bonchev–Trinajstić information content (AvgIpc) is 2.80. The molecule has 0 radical (unpaired) electrons. The van der Waals surface area contributed by atoms with Gasteiger partial charge in [0, 0.05) is 25.0 Å². The number of fused-ring (bicyclic) bond motifs is 1. The molecule has 0 fully saturated rings. The second-order valence-corrected chi connectivity index (χ2v) is 6.13. The van der Waals surface area contributed by atoms with Gasteiger partial charge in [0.2, 0.25) is 0 Å². The van der Waals surface area contributed by atoms with Crippen molar-refractivity contribution >= 4 is 11.3 Å². The van der Waals surface area contributed by atoms with Crippen molar-refractivity contribution < 1.29 is 13.2 Å². The van der Waals surface area contributed by atoms with Crippen LogP contribution in [-0.2, 0) is 6.18 Å². The van der Waals surface area contributed by atoms with Crippen LogP contribution in [0.5, 0.6) is 0 Å². The van der Waals surface area contributed by atoms with Gasteiger partial charge >= 0.3 is 6.18 Å². The van der Waals surface area contributed by atoms with E-state index < -0.39 is 11.9 Å². The number of anilines is 1. The lowest BCUT2D eigenvalue weighted by molar-refractivity contribution is -0.141. The first-order chi connectivity index (χ1) is 9.61. The van der Waals surface area contributed by atoms with Crippen LogP contribution in [0.3, 0.4) is 0 Å². The van der Waals surface area contributed by atoms with E-state index in [4.69, 9.17) is 0 Å². The molecule has 1 N–H and O–H groups in total. The van der Waals surface area contributed by atoms with Crippen LogP contribution in [0, 0.1) is 11.3 Å². The lowest BCUT2D eigenvalue weighted by Crippen LogP contribution is -2.28. The molecule has 0 saturated heterocycles. The Kier molecular flexibility index (Phi) is 3.86. The third kappa shape index (κ3) is 3.28. The number of alkyl halides is 3. The molecule has 0 unspecified atom stereocenters. The molecule has 2 aromatic heterocycles. The van der Waals surface area contributed by atoms with Gasteiger partial charge in [-0.1, -0.05) is 27.7 Å². The van der Waals surface area contributed by atoms with Gasteiger partial charge in [-0.2, -0.15) is 18.3 Å². The monoisotopic (exact) mass is 300 g/mol. The van der Waals surface area contributed by atoms with E-state index in [1.807, 2.05) is 0 Å². The molecule has 0 amide bonds. The van der Waals surface area contributed by atoms with Crippen molar-refractivity contribution in [2.75, 3.05) is 11.9 Å². The molecule has 0 atom stereocenters. The molecule has 0 aliphatic carbocycles. The summed E-state index contributed by atoms with van der Waals surface area (Å²) in [6.07, 6.45) is -1.62. The normalized spacial score (nSPS) is 13.1. The van der Waals surface area contributed by atoms with Crippen LogP contribution < -0.4 is 5.32 Å². The van der Waals surface area contributed by atoms with Crippen molar-refractivity contribution in [3.63, 3.8) is 0 Å². The molecule has 2 rings (SSSR count). The predicted octanol–water partition coefficient (Wildman–Crippen LogP) is 3.84. The van der Waals surface area contributed by atoms with Crippen molar-refractivity contribution in [1.29, 1.82) is 0 Å². The van der Waals surface area contributed by atoms with E-state index in [1.165, 1.54) is 16.9 Å². The highest BCUT2D eigenvalue weighted by atomic mass is 19.4. The van der Waals surface area contributed by atoms with E-state index >= 15 is 0 Å². The van der Waals surface area contributed by atoms with Gasteiger partial charge in [0.05, 0.1) is 0 Å². The van der Waals surface area contributed by atoms with Crippen LogP contribution in [0.1, 0.15) is 33.4 Å². The lowest BCUT2D eigenvalue weighted by Gasteiger charge is -2.29. The molecule has 2 heterocycles. The highest BCUT2D eigenvalue weighted by molar-refractivity contribution is 5.68. The van der Waals surface area contributed by atoms with E-state index in [0.717, 1.165) is 6.07 Å². The summed E-state index contributed by atoms with van der Waals surface area (Å²) in [6, 6.07) is 1.01. The van der Waals surface area contributed by atoms with Gasteiger partial charge in [-0.15, -0.1) is 0 Å². The molecule has 116 valence electrons. The van der Waals surface area contributed by atoms with Crippen LogP contribution in [0.15, 0.2) is 18.5 Å². The Morgan fingerprint density at radius 1 is 1.29 bits per heavy atom. The molecule has 0 spiro atoms. The van der Waals surface area contributed by atoms with Crippen LogP contribution in [0.2, 0.25) is 0 Å². The van der Waals surface area contributed by atoms with E-state index in [0.29, 0.717) is 23.8 Å². The summed E-state index contributed by atoms with van der Waals surface area (Å²) in [4.78, 5) is 4.13. The zero-order chi connectivity index (χ0) is 15.8. The minimum Gasteiger partial charge on any atom is -0.368 e. The van der Waals surface area contributed by atoms with Crippen molar-refractivity contribution in [3.8, 4) is 0 Å². The molecular weight excluding hydrogens is 281 g/mol. The Morgan fingerprint density at radius 3 is 2.52 bits per heavy atom. The molecule has 0 bridgehead atoms. The van der Waals surface area contributed by atoms with E-state index in [1.54, 1.807) is 0 Å². The highest BCUT2D eigenvalue weighted by Gasteiger charge is 2.34. The highest BCUT2D eigenvalue weighted by Crippen LogP contribution is 2.31. The molecule has 0 saturated carbocycles. The second kappa shape index (κ2) is 5.20. The van der Waals surface area contributed by atoms with E-state index in [-0.39, 0.29) is 5.41 Å². The number of nitrogens with zero attached hydrogens (tertiary/aromatic N) is 3. The number of aromatic nitrogens is 3. The summed E-state index contributed by atoms with van der Waals surface area (Å²) < 4.78 is 39.4. The smallest absolute Gasteiger partial charge is 0.368 e. The number of hydrogen-bond donors (Lipinski definition) is 1. The first-order valence-electron chi connectivity index (χ1n) is 6.77. The SMILES string of the molecule is CC(C)C(C)(C)CNc1nccn2nc(C(F)(F)F)cc12. The maximum atomic E-state index is 12.7. The zero-order valence-corrected chi connectivity index (χ0v) is 12.5. The van der Waals surface area contributed by atoms with Crippen molar-refractivity contribution in [1.82, 2.24) is 14.6 Å². The van der Waals surface area contributed by atoms with Gasteiger partial charge in [0.15, 0.2) is 11.5 Å². The quantitative estimate of drug-likeness (QED) is 0.932. The summed E-state index contributed by atoms with van der Waals surface area (Å²) >= 11 is 0. The number of rotatable bonds is 4. The van der Waals surface area contributed by atoms with Gasteiger partial charge in [-0.05, 0) is 11.3 Å². The summed E-state index contributed by atoms with van der Waals surface area (Å²) in [6.45, 7) is 9.03. The number of nitrogens with one attached hydrogen (secondary N) is 1. The second-order valence-electron chi connectivity index (χ2n) is 6.13. The van der Waals surface area contributed by atoms with Crippen LogP contribution >= 0.6 is 0 Å². The fourth-order valence-corrected chi connectivity index (χ4v) is 1.71. The van der Waals surface area contributed by atoms with Crippen LogP contribution in [0.4, 0.5) is 19.0 Å². The standard InChI is InChI=1S/C14H19F3N4/c1-9(2)13(3,4)8-19-12-10-7-11(14(15,16)17)20-21(10)6-5-18-12/h5-7,9H,8H2,1-4H3,(H,18,19). The molecule has 7 heteroatoms. The van der Waals surface area contributed by atoms with Crippen molar-refractivity contribution in [2.45, 2.75) is 33.9 Å². The molecule has 0 aromatic carbocycles. The van der Waals surface area contributed by atoms with E-state index in [9.17, 15) is 13.2 Å². The van der Waals surface area contributed by atoms with Crippen molar-refractivity contribution in [3.05, 3.63) is 24.2 Å². The van der Waals surface area contributed by atoms with Gasteiger partial charge in [0.1, 0.15) is 5.52 Å². The Hall–Kier alpha value is -1.79. The van der Waals surface area contributed by atoms with E-state index in [2.05, 4.69) is 43.1 Å². The largest absolute Gasteiger partial charge is 0.435 e. The maximum absolute atomic E-state index is 12.7. The number of halogens is 3. The molecule has 21 heavy (non-hydrogen) atoms. The minimum atomic E-state index is -4.46. The molecule has 4 nitrogen and oxygen atoms in total. The first-order valence-corrected chi connectivity index (χ1v) is 6.77. The van der Waals surface area contributed by atoms with Gasteiger partial charge in [-0.25, -0.2) is 9.50 Å². The first kappa shape index (κ1) is 15.6. The average molecular weight is 300 g/mol. The topological polar surface area (TPSA) is 42.2 Å². The summed E-state index contributed by atoms with van der Waals surface area (Å²) in [5.74, 6) is 0.842. The summed E-state index contributed by atoms with van der Waals surface area (Å²) in [5.41, 5.74) is -0.590. The van der Waals surface area contributed by atoms with Crippen LogP contribution in [-0.4, -0.2) is 21.1 Å². The number of hydrogen-bond acceptors (Lipinski definition) is 3. The third-order valence-electron chi connectivity index (χ3n) is 3.95. The minimum absolute atomic E-state index is 0.00138. The summed E-state index contributed by atoms with van der Waals surface area (Å²) in [7, 11) is 0. The lowest BCUT2D eigenvalue weighted by atomic mass is 9.81. The Morgan fingerprint density at radius 2 is 1.95 bits per heavy atom. The molecule has 2 aromatic rings. The van der Waals surface area contributed by atoms with Crippen LogP contribution in [0.25, 0.3) is 5.52 Å². The Labute approximate surface area is 121 Å². The van der Waals surface area contributed by atoms with Gasteiger partial charge < -0.3 is 5.32 Å². The van der Waals surface area contributed by atoms with Gasteiger partial charge in [-0.3, -0.25) is 0 Å². The molecule has 0 aliphatic rings. The predicted molar refractivity (Wildman–Crippen MR) is 75.1 cm³/mol. The third-order valence-corrected chi connectivity index (χ3v) is 3.95. The molecular formula is C14H19F3N4.